The maximum atomic E-state index is 12.5. The van der Waals surface area contributed by atoms with Crippen LogP contribution in [-0.4, -0.2) is 53.4 Å². The maximum Gasteiger partial charge on any atom is 0.276 e. The number of nitrogens with one attached hydrogen (secondary N) is 2. The van der Waals surface area contributed by atoms with Crippen molar-refractivity contribution in [1.29, 1.82) is 0 Å². The molecule has 0 saturated carbocycles. The van der Waals surface area contributed by atoms with Gasteiger partial charge in [-0.15, -0.1) is 0 Å². The summed E-state index contributed by atoms with van der Waals surface area (Å²) in [5.74, 6) is 0.408. The van der Waals surface area contributed by atoms with E-state index in [0.717, 1.165) is 6.54 Å². The monoisotopic (exact) mass is 340 g/mol. The van der Waals surface area contributed by atoms with E-state index in [1.54, 1.807) is 18.2 Å². The smallest absolute Gasteiger partial charge is 0.276 e. The number of aromatic hydroxyl groups is 1. The van der Waals surface area contributed by atoms with Crippen LogP contribution in [-0.2, 0) is 0 Å². The fourth-order valence-corrected chi connectivity index (χ4v) is 2.38. The van der Waals surface area contributed by atoms with Gasteiger partial charge in [-0.05, 0) is 44.4 Å². The first-order valence-corrected chi connectivity index (χ1v) is 7.89. The van der Waals surface area contributed by atoms with Gasteiger partial charge >= 0.3 is 0 Å². The number of hydrogen-bond acceptors (Lipinski definition) is 5. The number of benzene rings is 2. The molecule has 0 atom stereocenters. The zero-order valence-electron chi connectivity index (χ0n) is 14.1. The van der Waals surface area contributed by atoms with Crippen LogP contribution < -0.4 is 10.1 Å². The first-order valence-electron chi connectivity index (χ1n) is 7.89. The molecule has 0 fully saturated rings. The lowest BCUT2D eigenvalue weighted by molar-refractivity contribution is 0.102. The number of rotatable bonds is 6. The van der Waals surface area contributed by atoms with Gasteiger partial charge in [-0.2, -0.15) is 5.10 Å². The number of likely N-dealkylation sites (N-methyl/N-ethyl adjacent to an activating group) is 1. The van der Waals surface area contributed by atoms with Crippen molar-refractivity contribution in [3.63, 3.8) is 0 Å². The summed E-state index contributed by atoms with van der Waals surface area (Å²) in [5, 5.41) is 19.8. The Bertz CT molecular complexity index is 889. The van der Waals surface area contributed by atoms with E-state index >= 15 is 0 Å². The topological polar surface area (TPSA) is 90.5 Å². The number of hydrogen-bond donors (Lipinski definition) is 3. The van der Waals surface area contributed by atoms with Crippen molar-refractivity contribution in [2.24, 2.45) is 0 Å². The Morgan fingerprint density at radius 1 is 1.28 bits per heavy atom. The van der Waals surface area contributed by atoms with Gasteiger partial charge < -0.3 is 20.1 Å². The number of phenols is 1. The zero-order chi connectivity index (χ0) is 17.8. The lowest BCUT2D eigenvalue weighted by Crippen LogP contribution is -2.19. The highest BCUT2D eigenvalue weighted by Crippen LogP contribution is 2.23. The normalized spacial score (nSPS) is 11.0. The molecular formula is C18H20N4O3. The number of carbonyl (C=O) groups excluding carboxylic acids is 1. The summed E-state index contributed by atoms with van der Waals surface area (Å²) in [5.41, 5.74) is 1.53. The summed E-state index contributed by atoms with van der Waals surface area (Å²) >= 11 is 0. The Morgan fingerprint density at radius 3 is 2.92 bits per heavy atom. The molecule has 130 valence electrons. The van der Waals surface area contributed by atoms with Crippen molar-refractivity contribution in [3.05, 3.63) is 48.2 Å². The lowest BCUT2D eigenvalue weighted by atomic mass is 10.2. The van der Waals surface area contributed by atoms with E-state index in [4.69, 9.17) is 4.74 Å². The minimum Gasteiger partial charge on any atom is -0.508 e. The van der Waals surface area contributed by atoms with E-state index < -0.39 is 0 Å². The summed E-state index contributed by atoms with van der Waals surface area (Å²) in [7, 11) is 3.96. The molecular weight excluding hydrogens is 320 g/mol. The number of phenolic OH excluding ortho intramolecular Hbond substituents is 1. The molecule has 3 rings (SSSR count). The van der Waals surface area contributed by atoms with E-state index in [-0.39, 0.29) is 17.4 Å². The third-order valence-corrected chi connectivity index (χ3v) is 3.66. The predicted molar refractivity (Wildman–Crippen MR) is 96.2 cm³/mol. The summed E-state index contributed by atoms with van der Waals surface area (Å²) in [6, 6.07) is 11.9. The number of fused-ring (bicyclic) bond motifs is 1. The molecule has 0 aliphatic rings. The molecule has 1 amide bonds. The molecule has 7 nitrogen and oxygen atoms in total. The first-order chi connectivity index (χ1) is 12.0. The Balaban J connectivity index is 1.73. The fraction of sp³-hybridized carbons (Fsp3) is 0.222. The third-order valence-electron chi connectivity index (χ3n) is 3.66. The predicted octanol–water partition coefficient (Wildman–Crippen LogP) is 2.46. The number of amides is 1. The van der Waals surface area contributed by atoms with Gasteiger partial charge in [-0.25, -0.2) is 0 Å². The average molecular weight is 340 g/mol. The quantitative estimate of drug-likeness (QED) is 0.641. The fourth-order valence-electron chi connectivity index (χ4n) is 2.38. The van der Waals surface area contributed by atoms with Crippen LogP contribution in [0.3, 0.4) is 0 Å². The largest absolute Gasteiger partial charge is 0.508 e. The summed E-state index contributed by atoms with van der Waals surface area (Å²) in [6.07, 6.45) is 0. The van der Waals surface area contributed by atoms with Gasteiger partial charge in [0.15, 0.2) is 5.69 Å². The molecule has 7 heteroatoms. The van der Waals surface area contributed by atoms with Crippen molar-refractivity contribution in [3.8, 4) is 11.5 Å². The van der Waals surface area contributed by atoms with Crippen LogP contribution in [0.4, 0.5) is 5.69 Å². The number of nitrogens with zero attached hydrogens (tertiary/aromatic N) is 2. The van der Waals surface area contributed by atoms with Gasteiger partial charge in [0.05, 0.1) is 5.52 Å². The van der Waals surface area contributed by atoms with Gasteiger partial charge in [0.25, 0.3) is 5.91 Å². The second-order valence-electron chi connectivity index (χ2n) is 5.94. The minimum atomic E-state index is -0.359. The van der Waals surface area contributed by atoms with Crippen LogP contribution in [0, 0.1) is 0 Å². The van der Waals surface area contributed by atoms with Gasteiger partial charge in [-0.3, -0.25) is 9.89 Å². The van der Waals surface area contributed by atoms with Crippen LogP contribution in [0.5, 0.6) is 11.5 Å². The first kappa shape index (κ1) is 16.8. The Morgan fingerprint density at radius 2 is 2.12 bits per heavy atom. The van der Waals surface area contributed by atoms with Crippen molar-refractivity contribution in [1.82, 2.24) is 15.1 Å². The Labute approximate surface area is 145 Å². The van der Waals surface area contributed by atoms with Crippen molar-refractivity contribution >= 4 is 22.5 Å². The molecule has 0 radical (unpaired) electrons. The summed E-state index contributed by atoms with van der Waals surface area (Å²) < 4.78 is 5.67. The number of H-pyrrole nitrogens is 1. The molecule has 0 aliphatic carbocycles. The minimum absolute atomic E-state index is 0.0826. The zero-order valence-corrected chi connectivity index (χ0v) is 14.1. The van der Waals surface area contributed by atoms with Crippen LogP contribution in [0.2, 0.25) is 0 Å². The number of anilines is 1. The second-order valence-corrected chi connectivity index (χ2v) is 5.94. The second kappa shape index (κ2) is 7.23. The number of aromatic amines is 1. The summed E-state index contributed by atoms with van der Waals surface area (Å²) in [4.78, 5) is 14.5. The average Bonchev–Trinajstić information content (AvgIpc) is 2.98. The number of carbonyl (C=O) groups is 1. The highest BCUT2D eigenvalue weighted by Gasteiger charge is 2.15. The molecule has 3 aromatic rings. The lowest BCUT2D eigenvalue weighted by Gasteiger charge is -2.12. The third kappa shape index (κ3) is 4.07. The molecule has 0 unspecified atom stereocenters. The van der Waals surface area contributed by atoms with E-state index in [0.29, 0.717) is 28.9 Å². The van der Waals surface area contributed by atoms with E-state index in [2.05, 4.69) is 15.5 Å². The Hall–Kier alpha value is -3.06. The van der Waals surface area contributed by atoms with E-state index in [1.165, 1.54) is 12.1 Å². The molecule has 25 heavy (non-hydrogen) atoms. The molecule has 1 heterocycles. The van der Waals surface area contributed by atoms with Crippen molar-refractivity contribution in [2.45, 2.75) is 0 Å². The van der Waals surface area contributed by atoms with Gasteiger partial charge in [0, 0.05) is 23.7 Å². The van der Waals surface area contributed by atoms with E-state index in [1.807, 2.05) is 31.1 Å². The van der Waals surface area contributed by atoms with E-state index in [9.17, 15) is 9.90 Å². The highest BCUT2D eigenvalue weighted by atomic mass is 16.5. The van der Waals surface area contributed by atoms with Crippen LogP contribution >= 0.6 is 0 Å². The molecule has 3 N–H and O–H groups in total. The standard InChI is InChI=1S/C18H20N4O3/c1-22(2)8-9-25-14-5-3-4-12(10-14)19-18(24)17-15-11-13(23)6-7-16(15)20-21-17/h3-7,10-11,23H,8-9H2,1-2H3,(H,19,24)(H,20,21). The van der Waals surface area contributed by atoms with Crippen molar-refractivity contribution < 1.29 is 14.6 Å². The maximum absolute atomic E-state index is 12.5. The Kier molecular flexibility index (Phi) is 4.85. The SMILES string of the molecule is CN(C)CCOc1cccc(NC(=O)c2n[nH]c3ccc(O)cc23)c1. The van der Waals surface area contributed by atoms with Crippen LogP contribution in [0.15, 0.2) is 42.5 Å². The molecule has 0 bridgehead atoms. The van der Waals surface area contributed by atoms with Gasteiger partial charge in [0.2, 0.25) is 0 Å². The number of ether oxygens (including phenoxy) is 1. The van der Waals surface area contributed by atoms with Gasteiger partial charge in [0.1, 0.15) is 18.1 Å². The number of aromatic nitrogens is 2. The molecule has 0 saturated heterocycles. The van der Waals surface area contributed by atoms with Crippen LogP contribution in [0.1, 0.15) is 10.5 Å². The highest BCUT2D eigenvalue weighted by molar-refractivity contribution is 6.11. The molecule has 0 spiro atoms. The van der Waals surface area contributed by atoms with Crippen molar-refractivity contribution in [2.75, 3.05) is 32.6 Å². The molecule has 1 aromatic heterocycles. The van der Waals surface area contributed by atoms with Crippen LogP contribution in [0.25, 0.3) is 10.9 Å². The van der Waals surface area contributed by atoms with Gasteiger partial charge in [-0.1, -0.05) is 6.07 Å². The molecule has 0 aliphatic heterocycles. The molecule has 2 aromatic carbocycles. The summed E-state index contributed by atoms with van der Waals surface area (Å²) in [6.45, 7) is 1.37.